The molecule has 3 heteroatoms. The van der Waals surface area contributed by atoms with Crippen molar-refractivity contribution in [3.05, 3.63) is 17.2 Å². The van der Waals surface area contributed by atoms with E-state index in [9.17, 15) is 0 Å². The lowest BCUT2D eigenvalue weighted by Crippen LogP contribution is -1.92. The minimum atomic E-state index is 0.244. The molecular formula is C9H16N2O. The first-order valence-electron chi connectivity index (χ1n) is 4.43. The minimum absolute atomic E-state index is 0.244. The van der Waals surface area contributed by atoms with Crippen molar-refractivity contribution in [2.75, 3.05) is 6.61 Å². The van der Waals surface area contributed by atoms with Gasteiger partial charge in [0.05, 0.1) is 5.69 Å². The van der Waals surface area contributed by atoms with Crippen LogP contribution in [0.1, 0.15) is 30.6 Å². The van der Waals surface area contributed by atoms with E-state index in [1.165, 1.54) is 0 Å². The van der Waals surface area contributed by atoms with Crippen molar-refractivity contribution < 1.29 is 5.11 Å². The van der Waals surface area contributed by atoms with E-state index < -0.39 is 0 Å². The zero-order chi connectivity index (χ0) is 8.97. The van der Waals surface area contributed by atoms with Crippen molar-refractivity contribution in [2.45, 2.75) is 33.1 Å². The fourth-order valence-electron chi connectivity index (χ4n) is 1.22. The normalized spacial score (nSPS) is 10.6. The van der Waals surface area contributed by atoms with Gasteiger partial charge in [-0.2, -0.15) is 0 Å². The Morgan fingerprint density at radius 2 is 2.25 bits per heavy atom. The summed E-state index contributed by atoms with van der Waals surface area (Å²) >= 11 is 0. The fraction of sp³-hybridized carbons (Fsp3) is 0.667. The highest BCUT2D eigenvalue weighted by Gasteiger charge is 2.03. The van der Waals surface area contributed by atoms with Crippen LogP contribution < -0.4 is 0 Å². The van der Waals surface area contributed by atoms with Gasteiger partial charge in [0, 0.05) is 18.7 Å². The molecule has 1 aromatic rings. The van der Waals surface area contributed by atoms with Gasteiger partial charge in [0.1, 0.15) is 5.82 Å². The Kier molecular flexibility index (Phi) is 3.29. The van der Waals surface area contributed by atoms with Crippen molar-refractivity contribution in [1.29, 1.82) is 0 Å². The molecule has 12 heavy (non-hydrogen) atoms. The molecule has 1 aromatic heterocycles. The quantitative estimate of drug-likeness (QED) is 0.709. The second-order valence-electron chi connectivity index (χ2n) is 2.94. The van der Waals surface area contributed by atoms with Crippen LogP contribution in [0.4, 0.5) is 0 Å². The van der Waals surface area contributed by atoms with Crippen LogP contribution in [0, 0.1) is 6.92 Å². The van der Waals surface area contributed by atoms with Crippen molar-refractivity contribution in [1.82, 2.24) is 9.97 Å². The molecule has 0 fully saturated rings. The van der Waals surface area contributed by atoms with Crippen LogP contribution >= 0.6 is 0 Å². The van der Waals surface area contributed by atoms with E-state index in [1.807, 2.05) is 6.92 Å². The van der Waals surface area contributed by atoms with Gasteiger partial charge in [-0.25, -0.2) is 4.98 Å². The molecule has 0 amide bonds. The summed E-state index contributed by atoms with van der Waals surface area (Å²) < 4.78 is 0. The number of hydrogen-bond donors (Lipinski definition) is 2. The summed E-state index contributed by atoms with van der Waals surface area (Å²) in [6.07, 6.45) is 2.62. The number of H-pyrrole nitrogens is 1. The molecule has 0 spiro atoms. The van der Waals surface area contributed by atoms with Gasteiger partial charge in [-0.15, -0.1) is 0 Å². The van der Waals surface area contributed by atoms with Gasteiger partial charge in [0.2, 0.25) is 0 Å². The topological polar surface area (TPSA) is 48.9 Å². The largest absolute Gasteiger partial charge is 0.396 e. The van der Waals surface area contributed by atoms with Crippen molar-refractivity contribution in [3.63, 3.8) is 0 Å². The first-order chi connectivity index (χ1) is 5.77. The summed E-state index contributed by atoms with van der Waals surface area (Å²) in [6, 6.07) is 0. The Morgan fingerprint density at radius 3 is 2.75 bits per heavy atom. The monoisotopic (exact) mass is 168 g/mol. The number of aliphatic hydroxyl groups excluding tert-OH is 1. The molecule has 68 valence electrons. The third kappa shape index (κ3) is 2.08. The van der Waals surface area contributed by atoms with E-state index >= 15 is 0 Å². The van der Waals surface area contributed by atoms with E-state index in [4.69, 9.17) is 5.11 Å². The molecule has 0 bridgehead atoms. The number of nitrogens with zero attached hydrogens (tertiary/aromatic N) is 1. The number of aliphatic hydroxyl groups is 1. The predicted molar refractivity (Wildman–Crippen MR) is 48.1 cm³/mol. The lowest BCUT2D eigenvalue weighted by Gasteiger charge is -1.93. The van der Waals surface area contributed by atoms with Gasteiger partial charge < -0.3 is 10.1 Å². The van der Waals surface area contributed by atoms with E-state index in [0.717, 1.165) is 36.5 Å². The van der Waals surface area contributed by atoms with Crippen molar-refractivity contribution >= 4 is 0 Å². The van der Waals surface area contributed by atoms with Crippen molar-refractivity contribution in [2.24, 2.45) is 0 Å². The smallest absolute Gasteiger partial charge is 0.106 e. The highest BCUT2D eigenvalue weighted by molar-refractivity contribution is 5.13. The Balaban J connectivity index is 2.64. The SMILES string of the molecule is CCc1nc(CCCO)c(C)[nH]1. The average molecular weight is 168 g/mol. The van der Waals surface area contributed by atoms with Gasteiger partial charge in [-0.1, -0.05) is 6.92 Å². The number of aromatic amines is 1. The van der Waals surface area contributed by atoms with Gasteiger partial charge in [0.15, 0.2) is 0 Å². The molecule has 3 nitrogen and oxygen atoms in total. The Morgan fingerprint density at radius 1 is 1.50 bits per heavy atom. The second-order valence-corrected chi connectivity index (χ2v) is 2.94. The maximum absolute atomic E-state index is 8.64. The third-order valence-electron chi connectivity index (χ3n) is 1.94. The van der Waals surface area contributed by atoms with Crippen molar-refractivity contribution in [3.8, 4) is 0 Å². The standard InChI is InChI=1S/C9H16N2O/c1-3-9-10-7(2)8(11-9)5-4-6-12/h12H,3-6H2,1-2H3,(H,10,11). The zero-order valence-electron chi connectivity index (χ0n) is 7.72. The second kappa shape index (κ2) is 4.26. The van der Waals surface area contributed by atoms with E-state index in [0.29, 0.717) is 0 Å². The minimum Gasteiger partial charge on any atom is -0.396 e. The molecule has 2 N–H and O–H groups in total. The van der Waals surface area contributed by atoms with Gasteiger partial charge >= 0.3 is 0 Å². The summed E-state index contributed by atoms with van der Waals surface area (Å²) in [5.74, 6) is 1.04. The van der Waals surface area contributed by atoms with Crippen LogP contribution in [0.3, 0.4) is 0 Å². The summed E-state index contributed by atoms with van der Waals surface area (Å²) in [5, 5.41) is 8.64. The fourth-order valence-corrected chi connectivity index (χ4v) is 1.22. The lowest BCUT2D eigenvalue weighted by molar-refractivity contribution is 0.288. The molecule has 0 radical (unpaired) electrons. The van der Waals surface area contributed by atoms with E-state index in [1.54, 1.807) is 0 Å². The molecule has 0 aromatic carbocycles. The summed E-state index contributed by atoms with van der Waals surface area (Å²) in [6.45, 7) is 4.35. The van der Waals surface area contributed by atoms with Crippen LogP contribution in [-0.2, 0) is 12.8 Å². The van der Waals surface area contributed by atoms with Crippen LogP contribution in [-0.4, -0.2) is 21.7 Å². The maximum atomic E-state index is 8.64. The molecular weight excluding hydrogens is 152 g/mol. The molecule has 0 aliphatic rings. The van der Waals surface area contributed by atoms with E-state index in [2.05, 4.69) is 16.9 Å². The molecule has 0 atom stereocenters. The van der Waals surface area contributed by atoms with Gasteiger partial charge in [0.25, 0.3) is 0 Å². The molecule has 0 aliphatic carbocycles. The number of nitrogens with one attached hydrogen (secondary N) is 1. The Bertz CT molecular complexity index is 243. The Labute approximate surface area is 72.8 Å². The van der Waals surface area contributed by atoms with Gasteiger partial charge in [-0.05, 0) is 19.8 Å². The highest BCUT2D eigenvalue weighted by Crippen LogP contribution is 2.07. The maximum Gasteiger partial charge on any atom is 0.106 e. The summed E-state index contributed by atoms with van der Waals surface area (Å²) in [4.78, 5) is 7.61. The average Bonchev–Trinajstić information content (AvgIpc) is 2.43. The Hall–Kier alpha value is -0.830. The zero-order valence-corrected chi connectivity index (χ0v) is 7.72. The first-order valence-corrected chi connectivity index (χ1v) is 4.43. The number of imidazole rings is 1. The predicted octanol–water partition coefficient (Wildman–Crippen LogP) is 1.21. The van der Waals surface area contributed by atoms with E-state index in [-0.39, 0.29) is 6.61 Å². The van der Waals surface area contributed by atoms with Crippen LogP contribution in [0.5, 0.6) is 0 Å². The highest BCUT2D eigenvalue weighted by atomic mass is 16.2. The molecule has 0 saturated carbocycles. The molecule has 0 saturated heterocycles. The molecule has 0 aliphatic heterocycles. The summed E-state index contributed by atoms with van der Waals surface area (Å²) in [7, 11) is 0. The molecule has 1 rings (SSSR count). The number of hydrogen-bond acceptors (Lipinski definition) is 2. The van der Waals surface area contributed by atoms with Crippen LogP contribution in [0.2, 0.25) is 0 Å². The summed E-state index contributed by atoms with van der Waals surface area (Å²) in [5.41, 5.74) is 2.24. The third-order valence-corrected chi connectivity index (χ3v) is 1.94. The van der Waals surface area contributed by atoms with Gasteiger partial charge in [-0.3, -0.25) is 0 Å². The number of rotatable bonds is 4. The number of aromatic nitrogens is 2. The number of aryl methyl sites for hydroxylation is 3. The molecule has 1 heterocycles. The first kappa shape index (κ1) is 9.26. The molecule has 0 unspecified atom stereocenters. The lowest BCUT2D eigenvalue weighted by atomic mass is 10.2. The van der Waals surface area contributed by atoms with Crippen LogP contribution in [0.25, 0.3) is 0 Å². The van der Waals surface area contributed by atoms with Crippen LogP contribution in [0.15, 0.2) is 0 Å².